The summed E-state index contributed by atoms with van der Waals surface area (Å²) in [5.74, 6) is 1.82. The molecular formula is C22H29BrN4O3S. The normalized spacial score (nSPS) is 15.5. The first-order chi connectivity index (χ1) is 15.0. The molecule has 9 heteroatoms. The van der Waals surface area contributed by atoms with Crippen LogP contribution in [0.2, 0.25) is 0 Å². The van der Waals surface area contributed by atoms with Gasteiger partial charge in [-0.15, -0.1) is 5.10 Å². The van der Waals surface area contributed by atoms with Crippen LogP contribution in [0.5, 0.6) is 5.75 Å². The van der Waals surface area contributed by atoms with Gasteiger partial charge in [-0.2, -0.15) is 4.98 Å². The van der Waals surface area contributed by atoms with Gasteiger partial charge in [-0.1, -0.05) is 54.9 Å². The van der Waals surface area contributed by atoms with Gasteiger partial charge in [0, 0.05) is 15.7 Å². The second-order valence-electron chi connectivity index (χ2n) is 7.18. The van der Waals surface area contributed by atoms with E-state index in [1.54, 1.807) is 16.4 Å². The molecule has 1 aromatic carbocycles. The van der Waals surface area contributed by atoms with E-state index in [1.807, 2.05) is 25.1 Å². The van der Waals surface area contributed by atoms with Crippen molar-refractivity contribution in [1.82, 2.24) is 14.8 Å². The quantitative estimate of drug-likeness (QED) is 0.255. The van der Waals surface area contributed by atoms with Gasteiger partial charge in [0.2, 0.25) is 11.1 Å². The zero-order valence-electron chi connectivity index (χ0n) is 18.4. The first-order valence-electron chi connectivity index (χ1n) is 10.7. The molecule has 0 amide bonds. The highest BCUT2D eigenvalue weighted by atomic mass is 79.9. The maximum atomic E-state index is 13.2. The van der Waals surface area contributed by atoms with Crippen molar-refractivity contribution < 1.29 is 14.3 Å². The van der Waals surface area contributed by atoms with E-state index in [9.17, 15) is 4.79 Å². The van der Waals surface area contributed by atoms with Crippen molar-refractivity contribution in [2.75, 3.05) is 24.3 Å². The summed E-state index contributed by atoms with van der Waals surface area (Å²) in [6.07, 6.45) is 2.66. The average Bonchev–Trinajstić information content (AvgIpc) is 3.14. The lowest BCUT2D eigenvalue weighted by Gasteiger charge is -2.29. The van der Waals surface area contributed by atoms with Crippen molar-refractivity contribution in [2.24, 2.45) is 0 Å². The van der Waals surface area contributed by atoms with Crippen molar-refractivity contribution in [3.63, 3.8) is 0 Å². The van der Waals surface area contributed by atoms with Crippen molar-refractivity contribution in [2.45, 2.75) is 58.2 Å². The lowest BCUT2D eigenvalue weighted by molar-refractivity contribution is -0.139. The summed E-state index contributed by atoms with van der Waals surface area (Å²) in [6, 6.07) is 5.33. The van der Waals surface area contributed by atoms with Crippen molar-refractivity contribution in [3.8, 4) is 5.75 Å². The van der Waals surface area contributed by atoms with Crippen LogP contribution in [0.3, 0.4) is 0 Å². The molecule has 0 saturated heterocycles. The highest BCUT2D eigenvalue weighted by Gasteiger charge is 2.37. The molecule has 7 nitrogen and oxygen atoms in total. The highest BCUT2D eigenvalue weighted by Crippen LogP contribution is 2.41. The smallest absolute Gasteiger partial charge is 0.338 e. The van der Waals surface area contributed by atoms with Crippen molar-refractivity contribution in [3.05, 3.63) is 39.5 Å². The molecule has 3 rings (SSSR count). The van der Waals surface area contributed by atoms with Crippen LogP contribution in [-0.2, 0) is 9.53 Å². The largest absolute Gasteiger partial charge is 0.493 e. The van der Waals surface area contributed by atoms with E-state index in [-0.39, 0.29) is 5.97 Å². The van der Waals surface area contributed by atoms with Gasteiger partial charge in [-0.3, -0.25) is 0 Å². The van der Waals surface area contributed by atoms with Gasteiger partial charge >= 0.3 is 5.97 Å². The summed E-state index contributed by atoms with van der Waals surface area (Å²) < 4.78 is 14.3. The fraction of sp³-hybridized carbons (Fsp3) is 0.500. The molecule has 31 heavy (non-hydrogen) atoms. The Morgan fingerprint density at radius 2 is 2.06 bits per heavy atom. The standard InChI is InChI=1S/C22H29BrN4O3S/c1-5-8-12-30-20(28)18-14(4)24-21-25-22(31-7-3)26-27(21)19(18)16-13-15(23)9-10-17(16)29-11-6-2/h9-10,13,19H,5-8,11-12H2,1-4H3,(H,24,25,26). The molecule has 0 radical (unpaired) electrons. The van der Waals surface area contributed by atoms with E-state index in [0.29, 0.717) is 35.6 Å². The number of ether oxygens (including phenoxy) is 2. The summed E-state index contributed by atoms with van der Waals surface area (Å²) in [5, 5.41) is 8.61. The number of nitrogens with one attached hydrogen (secondary N) is 1. The molecule has 0 saturated carbocycles. The lowest BCUT2D eigenvalue weighted by atomic mass is 9.95. The number of allylic oxidation sites excluding steroid dienone is 1. The Hall–Kier alpha value is -2.00. The molecule has 1 unspecified atom stereocenters. The van der Waals surface area contributed by atoms with E-state index in [1.165, 1.54) is 0 Å². The van der Waals surface area contributed by atoms with Gasteiger partial charge in [0.05, 0.1) is 18.8 Å². The molecule has 1 aliphatic heterocycles. The number of halogens is 1. The van der Waals surface area contributed by atoms with Gasteiger partial charge in [-0.05, 0) is 43.7 Å². The van der Waals surface area contributed by atoms with E-state index in [0.717, 1.165) is 40.8 Å². The summed E-state index contributed by atoms with van der Waals surface area (Å²) in [7, 11) is 0. The van der Waals surface area contributed by atoms with Gasteiger partial charge < -0.3 is 14.8 Å². The third-order valence-corrected chi connectivity index (χ3v) is 6.00. The van der Waals surface area contributed by atoms with E-state index in [4.69, 9.17) is 14.6 Å². The van der Waals surface area contributed by atoms with Crippen LogP contribution < -0.4 is 10.1 Å². The number of hydrogen-bond acceptors (Lipinski definition) is 7. The molecule has 1 atom stereocenters. The number of hydrogen-bond donors (Lipinski definition) is 1. The van der Waals surface area contributed by atoms with Crippen molar-refractivity contribution >= 4 is 39.6 Å². The average molecular weight is 509 g/mol. The van der Waals surface area contributed by atoms with E-state index in [2.05, 4.69) is 47.0 Å². The minimum Gasteiger partial charge on any atom is -0.493 e. The molecule has 1 aliphatic rings. The molecule has 1 aromatic heterocycles. The minimum atomic E-state index is -0.506. The Bertz CT molecular complexity index is 960. The number of unbranched alkanes of at least 4 members (excludes halogenated alkanes) is 1. The minimum absolute atomic E-state index is 0.351. The predicted octanol–water partition coefficient (Wildman–Crippen LogP) is 5.57. The zero-order valence-corrected chi connectivity index (χ0v) is 20.8. The Morgan fingerprint density at radius 1 is 1.26 bits per heavy atom. The second-order valence-corrected chi connectivity index (χ2v) is 9.33. The molecule has 0 bridgehead atoms. The number of fused-ring (bicyclic) bond motifs is 1. The van der Waals surface area contributed by atoms with Crippen LogP contribution in [0.4, 0.5) is 5.95 Å². The zero-order chi connectivity index (χ0) is 22.4. The van der Waals surface area contributed by atoms with Gasteiger partial charge in [0.25, 0.3) is 0 Å². The number of aromatic nitrogens is 3. The second kappa shape index (κ2) is 11.0. The van der Waals surface area contributed by atoms with Crippen LogP contribution in [0.15, 0.2) is 39.1 Å². The van der Waals surface area contributed by atoms with Crippen molar-refractivity contribution in [1.29, 1.82) is 0 Å². The third-order valence-electron chi connectivity index (χ3n) is 4.79. The summed E-state index contributed by atoms with van der Waals surface area (Å²) in [5.41, 5.74) is 2.06. The Kier molecular flexibility index (Phi) is 8.43. The number of anilines is 1. The maximum Gasteiger partial charge on any atom is 0.338 e. The van der Waals surface area contributed by atoms with Gasteiger partial charge in [0.15, 0.2) is 0 Å². The molecule has 0 spiro atoms. The number of esters is 1. The summed E-state index contributed by atoms with van der Waals surface area (Å²) in [6.45, 7) is 9.03. The Morgan fingerprint density at radius 3 is 2.77 bits per heavy atom. The maximum absolute atomic E-state index is 13.2. The summed E-state index contributed by atoms with van der Waals surface area (Å²) >= 11 is 5.13. The topological polar surface area (TPSA) is 78.3 Å². The molecule has 2 aromatic rings. The number of carbonyl (C=O) groups is 1. The van der Waals surface area contributed by atoms with Crippen LogP contribution in [0.25, 0.3) is 0 Å². The Labute approximate surface area is 196 Å². The SMILES string of the molecule is CCCCOC(=O)C1=C(C)Nc2nc(SCC)nn2C1c1cc(Br)ccc1OCCC. The van der Waals surface area contributed by atoms with Gasteiger partial charge in [-0.25, -0.2) is 9.48 Å². The Balaban J connectivity index is 2.12. The summed E-state index contributed by atoms with van der Waals surface area (Å²) in [4.78, 5) is 17.8. The monoisotopic (exact) mass is 508 g/mol. The van der Waals surface area contributed by atoms with E-state index >= 15 is 0 Å². The number of rotatable bonds is 10. The highest BCUT2D eigenvalue weighted by molar-refractivity contribution is 9.10. The fourth-order valence-corrected chi connectivity index (χ4v) is 4.27. The van der Waals surface area contributed by atoms with Crippen LogP contribution >= 0.6 is 27.7 Å². The van der Waals surface area contributed by atoms with E-state index < -0.39 is 6.04 Å². The number of thioether (sulfide) groups is 1. The number of nitrogens with zero attached hydrogens (tertiary/aromatic N) is 3. The first-order valence-corrected chi connectivity index (χ1v) is 12.4. The number of carbonyl (C=O) groups excluding carboxylic acids is 1. The number of benzene rings is 1. The first kappa shape index (κ1) is 23.7. The third kappa shape index (κ3) is 5.44. The predicted molar refractivity (Wildman–Crippen MR) is 127 cm³/mol. The van der Waals surface area contributed by atoms with Crippen LogP contribution in [0, 0.1) is 0 Å². The molecule has 2 heterocycles. The molecular weight excluding hydrogens is 480 g/mol. The molecule has 1 N–H and O–H groups in total. The molecule has 0 aliphatic carbocycles. The lowest BCUT2D eigenvalue weighted by Crippen LogP contribution is -2.30. The van der Waals surface area contributed by atoms with Crippen LogP contribution in [0.1, 0.15) is 58.6 Å². The fourth-order valence-electron chi connectivity index (χ4n) is 3.34. The molecule has 0 fully saturated rings. The van der Waals surface area contributed by atoms with Crippen LogP contribution in [-0.4, -0.2) is 39.7 Å². The molecule has 168 valence electrons. The van der Waals surface area contributed by atoms with Gasteiger partial charge in [0.1, 0.15) is 11.8 Å².